The second-order valence-electron chi connectivity index (χ2n) is 11.5. The smallest absolute Gasteiger partial charge is 0.191 e. The van der Waals surface area contributed by atoms with Crippen molar-refractivity contribution in [3.63, 3.8) is 0 Å². The molecule has 1 N–H and O–H groups in total. The van der Waals surface area contributed by atoms with Gasteiger partial charge in [0.05, 0.1) is 24.4 Å². The largest absolute Gasteiger partial charge is 0.417 e. The van der Waals surface area contributed by atoms with E-state index in [-0.39, 0.29) is 10.6 Å². The minimum Gasteiger partial charge on any atom is -0.417 e. The van der Waals surface area contributed by atoms with E-state index in [4.69, 9.17) is 13.9 Å². The topological polar surface area (TPSA) is 47.9 Å². The number of ether oxygens (including phenoxy) is 2. The van der Waals surface area contributed by atoms with Crippen LogP contribution in [-0.4, -0.2) is 44.4 Å². The molecule has 0 unspecified atom stereocenters. The monoisotopic (exact) mass is 448 g/mol. The molecular weight excluding hydrogens is 404 g/mol. The molecule has 0 aromatic heterocycles. The van der Waals surface area contributed by atoms with Crippen LogP contribution in [-0.2, 0) is 20.5 Å². The molecule has 1 heterocycles. The van der Waals surface area contributed by atoms with Gasteiger partial charge in [-0.2, -0.15) is 0 Å². The molecule has 1 saturated carbocycles. The van der Waals surface area contributed by atoms with Gasteiger partial charge in [0.1, 0.15) is 0 Å². The predicted octanol–water partition coefficient (Wildman–Crippen LogP) is 6.09. The van der Waals surface area contributed by atoms with E-state index in [1.807, 2.05) is 18.2 Å². The molecule has 0 amide bonds. The van der Waals surface area contributed by atoms with Crippen LogP contribution in [0.2, 0.25) is 18.1 Å². The second-order valence-corrected chi connectivity index (χ2v) is 16.3. The lowest BCUT2D eigenvalue weighted by Gasteiger charge is -2.46. The molecule has 2 aliphatic rings. The van der Waals surface area contributed by atoms with Crippen LogP contribution in [0, 0.1) is 5.92 Å². The SMILES string of the molecule is CC(C)(C)[Si](C)(C)OCCC[C@@]1(O)C[C@H](COCc2ccccc2)C[C@]2(CCCO2)C1. The molecule has 31 heavy (non-hydrogen) atoms. The summed E-state index contributed by atoms with van der Waals surface area (Å²) in [6, 6.07) is 10.3. The molecule has 4 nitrogen and oxygen atoms in total. The van der Waals surface area contributed by atoms with Gasteiger partial charge in [0.2, 0.25) is 0 Å². The van der Waals surface area contributed by atoms with Crippen molar-refractivity contribution in [1.29, 1.82) is 0 Å². The van der Waals surface area contributed by atoms with Crippen LogP contribution >= 0.6 is 0 Å². The Hall–Kier alpha value is -0.723. The zero-order chi connectivity index (χ0) is 22.6. The molecular formula is C26H44O4Si. The molecule has 0 radical (unpaired) electrons. The lowest BCUT2D eigenvalue weighted by molar-refractivity contribution is -0.141. The van der Waals surface area contributed by atoms with E-state index in [0.717, 1.165) is 58.2 Å². The van der Waals surface area contributed by atoms with Crippen LogP contribution in [0.5, 0.6) is 0 Å². The zero-order valence-electron chi connectivity index (χ0n) is 20.4. The summed E-state index contributed by atoms with van der Waals surface area (Å²) in [5.74, 6) is 0.335. The highest BCUT2D eigenvalue weighted by Gasteiger charge is 2.49. The van der Waals surface area contributed by atoms with Crippen molar-refractivity contribution in [1.82, 2.24) is 0 Å². The molecule has 1 aromatic carbocycles. The van der Waals surface area contributed by atoms with Crippen molar-refractivity contribution in [2.75, 3.05) is 19.8 Å². The Morgan fingerprint density at radius 1 is 1.16 bits per heavy atom. The van der Waals surface area contributed by atoms with Gasteiger partial charge >= 0.3 is 0 Å². The molecule has 1 aromatic rings. The molecule has 1 saturated heterocycles. The Bertz CT molecular complexity index is 678. The third-order valence-corrected chi connectivity index (χ3v) is 12.2. The summed E-state index contributed by atoms with van der Waals surface area (Å²) in [5.41, 5.74) is 0.358. The van der Waals surface area contributed by atoms with E-state index in [9.17, 15) is 5.11 Å². The first-order chi connectivity index (χ1) is 14.5. The zero-order valence-corrected chi connectivity index (χ0v) is 21.4. The molecule has 1 spiro atoms. The highest BCUT2D eigenvalue weighted by Crippen LogP contribution is 2.48. The van der Waals surface area contributed by atoms with Crippen molar-refractivity contribution in [2.45, 2.75) is 102 Å². The van der Waals surface area contributed by atoms with Crippen molar-refractivity contribution < 1.29 is 19.0 Å². The Morgan fingerprint density at radius 3 is 2.55 bits per heavy atom. The number of hydrogen-bond donors (Lipinski definition) is 1. The van der Waals surface area contributed by atoms with Crippen molar-refractivity contribution >= 4 is 8.32 Å². The number of rotatable bonds is 9. The van der Waals surface area contributed by atoms with Crippen molar-refractivity contribution in [3.05, 3.63) is 35.9 Å². The Labute approximate surface area is 190 Å². The van der Waals surface area contributed by atoms with Gasteiger partial charge in [-0.1, -0.05) is 51.1 Å². The summed E-state index contributed by atoms with van der Waals surface area (Å²) < 4.78 is 18.7. The van der Waals surface area contributed by atoms with Crippen LogP contribution in [0.3, 0.4) is 0 Å². The average Bonchev–Trinajstić information content (AvgIpc) is 3.12. The third-order valence-electron chi connectivity index (χ3n) is 7.69. The van der Waals surface area contributed by atoms with Gasteiger partial charge in [-0.15, -0.1) is 0 Å². The highest BCUT2D eigenvalue weighted by molar-refractivity contribution is 6.74. The minimum atomic E-state index is -1.74. The van der Waals surface area contributed by atoms with E-state index in [1.54, 1.807) is 0 Å². The van der Waals surface area contributed by atoms with E-state index in [2.05, 4.69) is 46.0 Å². The molecule has 1 aliphatic heterocycles. The first kappa shape index (κ1) is 24.9. The quantitative estimate of drug-likeness (QED) is 0.367. The van der Waals surface area contributed by atoms with Crippen molar-refractivity contribution in [3.8, 4) is 0 Å². The molecule has 176 valence electrons. The maximum absolute atomic E-state index is 11.6. The predicted molar refractivity (Wildman–Crippen MR) is 129 cm³/mol. The fraction of sp³-hybridized carbons (Fsp3) is 0.769. The molecule has 1 aliphatic carbocycles. The molecule has 3 rings (SSSR count). The standard InChI is InChI=1S/C26H44O4Si/c1-24(2,3)31(4,5)30-16-9-13-25(27)17-23(18-26(21-25)14-10-15-29-26)20-28-19-22-11-7-6-8-12-22/h6-8,11-12,23,27H,9-10,13-21H2,1-5H3/t23-,25+,26+/m0/s1. The summed E-state index contributed by atoms with van der Waals surface area (Å²) in [5, 5.41) is 11.8. The highest BCUT2D eigenvalue weighted by atomic mass is 28.4. The normalized spacial score (nSPS) is 29.5. The van der Waals surface area contributed by atoms with Crippen LogP contribution < -0.4 is 0 Å². The van der Waals surface area contributed by atoms with Crippen LogP contribution in [0.4, 0.5) is 0 Å². The van der Waals surface area contributed by atoms with Crippen LogP contribution in [0.15, 0.2) is 30.3 Å². The number of aliphatic hydroxyl groups is 1. The minimum absolute atomic E-state index is 0.159. The summed E-state index contributed by atoms with van der Waals surface area (Å²) in [4.78, 5) is 0. The molecule has 0 bridgehead atoms. The van der Waals surface area contributed by atoms with Crippen molar-refractivity contribution in [2.24, 2.45) is 5.92 Å². The third kappa shape index (κ3) is 6.88. The van der Waals surface area contributed by atoms with Crippen LogP contribution in [0.25, 0.3) is 0 Å². The van der Waals surface area contributed by atoms with E-state index >= 15 is 0 Å². The number of hydrogen-bond acceptors (Lipinski definition) is 4. The molecule has 3 atom stereocenters. The number of benzene rings is 1. The van der Waals surface area contributed by atoms with Gasteiger partial charge in [-0.05, 0) is 68.1 Å². The van der Waals surface area contributed by atoms with Gasteiger partial charge in [-0.3, -0.25) is 0 Å². The lowest BCUT2D eigenvalue weighted by atomic mass is 9.67. The van der Waals surface area contributed by atoms with E-state index < -0.39 is 13.9 Å². The Kier molecular flexibility index (Phi) is 8.07. The van der Waals surface area contributed by atoms with Gasteiger partial charge in [0.25, 0.3) is 0 Å². The summed E-state index contributed by atoms with van der Waals surface area (Å²) in [6.07, 6.45) is 6.40. The Morgan fingerprint density at radius 2 is 1.90 bits per heavy atom. The summed E-state index contributed by atoms with van der Waals surface area (Å²) >= 11 is 0. The lowest BCUT2D eigenvalue weighted by Crippen LogP contribution is -2.49. The van der Waals surface area contributed by atoms with Gasteiger partial charge < -0.3 is 19.0 Å². The fourth-order valence-electron chi connectivity index (χ4n) is 5.11. The van der Waals surface area contributed by atoms with E-state index in [1.165, 1.54) is 5.56 Å². The second kappa shape index (κ2) is 10.0. The first-order valence-corrected chi connectivity index (χ1v) is 15.1. The van der Waals surface area contributed by atoms with E-state index in [0.29, 0.717) is 19.1 Å². The fourth-order valence-corrected chi connectivity index (χ4v) is 6.19. The average molecular weight is 449 g/mol. The summed E-state index contributed by atoms with van der Waals surface area (Å²) in [6.45, 7) is 14.3. The van der Waals surface area contributed by atoms with Gasteiger partial charge in [0, 0.05) is 19.6 Å². The molecule has 2 fully saturated rings. The maximum atomic E-state index is 11.6. The Balaban J connectivity index is 1.54. The molecule has 5 heteroatoms. The summed E-state index contributed by atoms with van der Waals surface area (Å²) in [7, 11) is -1.74. The first-order valence-electron chi connectivity index (χ1n) is 12.1. The van der Waals surface area contributed by atoms with Gasteiger partial charge in [-0.25, -0.2) is 0 Å². The van der Waals surface area contributed by atoms with Crippen LogP contribution in [0.1, 0.15) is 71.3 Å². The van der Waals surface area contributed by atoms with Gasteiger partial charge in [0.15, 0.2) is 8.32 Å². The maximum Gasteiger partial charge on any atom is 0.191 e.